The Bertz CT molecular complexity index is 1400. The number of rotatable bonds is 10. The lowest BCUT2D eigenvalue weighted by molar-refractivity contribution is -0.119. The van der Waals surface area contributed by atoms with Gasteiger partial charge in [-0.15, -0.1) is 0 Å². The Morgan fingerprint density at radius 2 is 1.67 bits per heavy atom. The first-order valence-electron chi connectivity index (χ1n) is 11.1. The second kappa shape index (κ2) is 11.5. The number of carbonyl (C=O) groups excluding carboxylic acids is 2. The molecule has 4 aromatic rings. The summed E-state index contributed by atoms with van der Waals surface area (Å²) in [6.45, 7) is 0.133. The second-order valence-electron chi connectivity index (χ2n) is 7.86. The maximum Gasteiger partial charge on any atom is 0.271 e. The van der Waals surface area contributed by atoms with Crippen molar-refractivity contribution < 1.29 is 23.8 Å². The van der Waals surface area contributed by atoms with Crippen LogP contribution in [0.5, 0.6) is 17.2 Å². The van der Waals surface area contributed by atoms with Crippen LogP contribution in [0, 0.1) is 0 Å². The molecule has 0 unspecified atom stereocenters. The Morgan fingerprint density at radius 3 is 2.42 bits per heavy atom. The van der Waals surface area contributed by atoms with Crippen LogP contribution in [0.25, 0.3) is 10.8 Å². The van der Waals surface area contributed by atoms with Crippen molar-refractivity contribution in [3.8, 4) is 17.2 Å². The van der Waals surface area contributed by atoms with E-state index in [1.165, 1.54) is 13.3 Å². The number of amides is 2. The zero-order valence-electron chi connectivity index (χ0n) is 19.6. The van der Waals surface area contributed by atoms with Crippen LogP contribution in [0.15, 0.2) is 90.0 Å². The predicted octanol–water partition coefficient (Wildman–Crippen LogP) is 4.06. The number of methoxy groups -OCH3 is 1. The standard InChI is InChI=1S/C28H25N3O5/c1-34-26-14-20(8-13-25(26)36-18-27(29)32)16-30-31-28(33)22-9-6-19(7-10-22)17-35-24-12-11-21-4-2-3-5-23(21)15-24/h2-16H,17-18H2,1H3,(H2,29,32)(H,31,33)/b30-16+. The lowest BCUT2D eigenvalue weighted by Gasteiger charge is -2.09. The van der Waals surface area contributed by atoms with E-state index in [0.717, 1.165) is 22.1 Å². The van der Waals surface area contributed by atoms with Crippen molar-refractivity contribution in [3.63, 3.8) is 0 Å². The minimum absolute atomic E-state index is 0.256. The van der Waals surface area contributed by atoms with E-state index in [4.69, 9.17) is 19.9 Å². The summed E-state index contributed by atoms with van der Waals surface area (Å²) < 4.78 is 16.5. The summed E-state index contributed by atoms with van der Waals surface area (Å²) in [5.41, 5.74) is 9.67. The molecule has 0 aliphatic heterocycles. The van der Waals surface area contributed by atoms with E-state index in [9.17, 15) is 9.59 Å². The number of hydrazone groups is 1. The molecule has 0 aliphatic rings. The van der Waals surface area contributed by atoms with Crippen LogP contribution < -0.4 is 25.4 Å². The molecular weight excluding hydrogens is 458 g/mol. The van der Waals surface area contributed by atoms with Crippen LogP contribution in [0.1, 0.15) is 21.5 Å². The average molecular weight is 484 g/mol. The van der Waals surface area contributed by atoms with Crippen molar-refractivity contribution in [3.05, 3.63) is 102 Å². The van der Waals surface area contributed by atoms with Gasteiger partial charge in [-0.05, 0) is 64.4 Å². The van der Waals surface area contributed by atoms with Gasteiger partial charge in [0.25, 0.3) is 11.8 Å². The van der Waals surface area contributed by atoms with Crippen molar-refractivity contribution in [2.24, 2.45) is 10.8 Å². The van der Waals surface area contributed by atoms with Gasteiger partial charge in [0, 0.05) is 5.56 Å². The molecule has 0 aromatic heterocycles. The molecule has 0 aliphatic carbocycles. The molecule has 8 heteroatoms. The first kappa shape index (κ1) is 24.3. The third-order valence-corrected chi connectivity index (χ3v) is 5.28. The number of benzene rings is 4. The Balaban J connectivity index is 1.30. The lowest BCUT2D eigenvalue weighted by Crippen LogP contribution is -2.20. The molecule has 3 N–H and O–H groups in total. The SMILES string of the molecule is COc1cc(/C=N/NC(=O)c2ccc(COc3ccc4ccccc4c3)cc2)ccc1OCC(N)=O. The molecule has 0 heterocycles. The van der Waals surface area contributed by atoms with Crippen molar-refractivity contribution in [2.75, 3.05) is 13.7 Å². The molecule has 0 fully saturated rings. The fourth-order valence-electron chi connectivity index (χ4n) is 3.44. The third-order valence-electron chi connectivity index (χ3n) is 5.28. The van der Waals surface area contributed by atoms with Crippen LogP contribution >= 0.6 is 0 Å². The molecular formula is C28H25N3O5. The smallest absolute Gasteiger partial charge is 0.271 e. The molecule has 0 bridgehead atoms. The largest absolute Gasteiger partial charge is 0.493 e. The van der Waals surface area contributed by atoms with Gasteiger partial charge in [-0.1, -0.05) is 42.5 Å². The molecule has 0 spiro atoms. The third kappa shape index (κ3) is 6.38. The fraction of sp³-hybridized carbons (Fsp3) is 0.107. The summed E-state index contributed by atoms with van der Waals surface area (Å²) >= 11 is 0. The monoisotopic (exact) mass is 483 g/mol. The van der Waals surface area contributed by atoms with Crippen molar-refractivity contribution in [2.45, 2.75) is 6.61 Å². The zero-order valence-corrected chi connectivity index (χ0v) is 19.6. The van der Waals surface area contributed by atoms with E-state index >= 15 is 0 Å². The highest BCUT2D eigenvalue weighted by Crippen LogP contribution is 2.27. The molecule has 4 aromatic carbocycles. The minimum Gasteiger partial charge on any atom is -0.493 e. The van der Waals surface area contributed by atoms with E-state index < -0.39 is 5.91 Å². The van der Waals surface area contributed by atoms with E-state index in [2.05, 4.69) is 16.6 Å². The Labute approximate surface area is 208 Å². The number of nitrogens with zero attached hydrogens (tertiary/aromatic N) is 1. The summed E-state index contributed by atoms with van der Waals surface area (Å²) in [6.07, 6.45) is 1.48. The van der Waals surface area contributed by atoms with Crippen LogP contribution in [0.4, 0.5) is 0 Å². The van der Waals surface area contributed by atoms with Crippen molar-refractivity contribution >= 4 is 28.8 Å². The molecule has 0 saturated carbocycles. The van der Waals surface area contributed by atoms with Gasteiger partial charge in [0.05, 0.1) is 13.3 Å². The van der Waals surface area contributed by atoms with E-state index in [1.807, 2.05) is 48.5 Å². The van der Waals surface area contributed by atoms with Crippen molar-refractivity contribution in [1.29, 1.82) is 0 Å². The van der Waals surface area contributed by atoms with Gasteiger partial charge in [-0.2, -0.15) is 5.10 Å². The highest BCUT2D eigenvalue weighted by Gasteiger charge is 2.08. The Kier molecular flexibility index (Phi) is 7.77. The van der Waals surface area contributed by atoms with Gasteiger partial charge in [0.15, 0.2) is 18.1 Å². The number of nitrogens with two attached hydrogens (primary N) is 1. The summed E-state index contributed by atoms with van der Waals surface area (Å²) in [5.74, 6) is 0.640. The number of ether oxygens (including phenoxy) is 3. The van der Waals surface area contributed by atoms with E-state index in [-0.39, 0.29) is 12.5 Å². The number of carbonyl (C=O) groups is 2. The quantitative estimate of drug-likeness (QED) is 0.261. The van der Waals surface area contributed by atoms with Crippen LogP contribution in [0.2, 0.25) is 0 Å². The molecule has 0 saturated heterocycles. The second-order valence-corrected chi connectivity index (χ2v) is 7.86. The first-order chi connectivity index (χ1) is 17.5. The average Bonchev–Trinajstić information content (AvgIpc) is 2.91. The molecule has 4 rings (SSSR count). The highest BCUT2D eigenvalue weighted by atomic mass is 16.5. The molecule has 0 radical (unpaired) electrons. The minimum atomic E-state index is -0.587. The first-order valence-corrected chi connectivity index (χ1v) is 11.1. The Morgan fingerprint density at radius 1 is 0.889 bits per heavy atom. The number of nitrogens with one attached hydrogen (secondary N) is 1. The summed E-state index contributed by atoms with van der Waals surface area (Å²) in [5, 5.41) is 6.28. The topological polar surface area (TPSA) is 112 Å². The maximum atomic E-state index is 12.4. The van der Waals surface area contributed by atoms with Gasteiger partial charge in [-0.25, -0.2) is 5.43 Å². The fourth-order valence-corrected chi connectivity index (χ4v) is 3.44. The molecule has 36 heavy (non-hydrogen) atoms. The van der Waals surface area contributed by atoms with Gasteiger partial charge in [-0.3, -0.25) is 9.59 Å². The van der Waals surface area contributed by atoms with Crippen LogP contribution in [-0.2, 0) is 11.4 Å². The van der Waals surface area contributed by atoms with Gasteiger partial charge in [0.2, 0.25) is 0 Å². The molecule has 0 atom stereocenters. The lowest BCUT2D eigenvalue weighted by atomic mass is 10.1. The predicted molar refractivity (Wildman–Crippen MR) is 137 cm³/mol. The molecule has 8 nitrogen and oxygen atoms in total. The zero-order chi connectivity index (χ0) is 25.3. The summed E-state index contributed by atoms with van der Waals surface area (Å²) in [6, 6.07) is 26.2. The summed E-state index contributed by atoms with van der Waals surface area (Å²) in [7, 11) is 1.48. The number of fused-ring (bicyclic) bond motifs is 1. The van der Waals surface area contributed by atoms with Crippen LogP contribution in [0.3, 0.4) is 0 Å². The van der Waals surface area contributed by atoms with Crippen LogP contribution in [-0.4, -0.2) is 31.7 Å². The maximum absolute atomic E-state index is 12.4. The highest BCUT2D eigenvalue weighted by molar-refractivity contribution is 5.95. The Hall–Kier alpha value is -4.85. The molecule has 182 valence electrons. The number of hydrogen-bond acceptors (Lipinski definition) is 6. The molecule has 2 amide bonds. The normalized spacial score (nSPS) is 10.8. The van der Waals surface area contributed by atoms with E-state index in [1.54, 1.807) is 30.3 Å². The summed E-state index contributed by atoms with van der Waals surface area (Å²) in [4.78, 5) is 23.3. The number of hydrogen-bond donors (Lipinski definition) is 2. The van der Waals surface area contributed by atoms with Crippen molar-refractivity contribution in [1.82, 2.24) is 5.43 Å². The van der Waals surface area contributed by atoms with E-state index in [0.29, 0.717) is 29.2 Å². The van der Waals surface area contributed by atoms with Gasteiger partial charge < -0.3 is 19.9 Å². The number of primary amides is 1. The van der Waals surface area contributed by atoms with Gasteiger partial charge in [0.1, 0.15) is 12.4 Å². The van der Waals surface area contributed by atoms with Gasteiger partial charge >= 0.3 is 0 Å².